The van der Waals surface area contributed by atoms with Gasteiger partial charge >= 0.3 is 5.97 Å². The molecule has 0 saturated heterocycles. The number of esters is 1. The van der Waals surface area contributed by atoms with Crippen LogP contribution in [0.15, 0.2) is 12.2 Å². The third kappa shape index (κ3) is 17.2. The lowest BCUT2D eigenvalue weighted by atomic mass is 10.1. The monoisotopic (exact) mass is 282 g/mol. The molecule has 0 saturated carbocycles. The SMILES string of the molecule is CCCCCCC/C=C/CCCCCCCOC(C)=O. The van der Waals surface area contributed by atoms with Crippen molar-refractivity contribution >= 4 is 5.97 Å². The minimum Gasteiger partial charge on any atom is -0.466 e. The average molecular weight is 282 g/mol. The van der Waals surface area contributed by atoms with Crippen LogP contribution in [0.5, 0.6) is 0 Å². The molecular formula is C18H34O2. The van der Waals surface area contributed by atoms with Crippen LogP contribution in [0.1, 0.15) is 90.9 Å². The van der Waals surface area contributed by atoms with Crippen molar-refractivity contribution in [1.29, 1.82) is 0 Å². The van der Waals surface area contributed by atoms with Gasteiger partial charge in [0.2, 0.25) is 0 Å². The second kappa shape index (κ2) is 16.3. The third-order valence-electron chi connectivity index (χ3n) is 3.46. The number of hydrogen-bond acceptors (Lipinski definition) is 2. The molecule has 0 spiro atoms. The smallest absolute Gasteiger partial charge is 0.302 e. The van der Waals surface area contributed by atoms with Crippen LogP contribution in [0.4, 0.5) is 0 Å². The van der Waals surface area contributed by atoms with E-state index < -0.39 is 0 Å². The summed E-state index contributed by atoms with van der Waals surface area (Å²) in [6.45, 7) is 4.32. The van der Waals surface area contributed by atoms with Gasteiger partial charge < -0.3 is 4.74 Å². The van der Waals surface area contributed by atoms with E-state index in [0.29, 0.717) is 6.61 Å². The van der Waals surface area contributed by atoms with E-state index in [1.807, 2.05) is 0 Å². The fourth-order valence-corrected chi connectivity index (χ4v) is 2.21. The number of unbranched alkanes of at least 4 members (excludes halogenated alkanes) is 10. The Bertz CT molecular complexity index is 234. The summed E-state index contributed by atoms with van der Waals surface area (Å²) in [5.74, 6) is -0.162. The number of ether oxygens (including phenoxy) is 1. The Hall–Kier alpha value is -0.790. The first kappa shape index (κ1) is 19.2. The van der Waals surface area contributed by atoms with Crippen LogP contribution in [0, 0.1) is 0 Å². The lowest BCUT2D eigenvalue weighted by Crippen LogP contribution is -1.99. The molecule has 0 aliphatic rings. The third-order valence-corrected chi connectivity index (χ3v) is 3.46. The molecule has 0 aromatic heterocycles. The van der Waals surface area contributed by atoms with Crippen LogP contribution >= 0.6 is 0 Å². The zero-order chi connectivity index (χ0) is 14.9. The summed E-state index contributed by atoms with van der Waals surface area (Å²) in [7, 11) is 0. The molecule has 0 amide bonds. The highest BCUT2D eigenvalue weighted by Crippen LogP contribution is 2.08. The molecule has 0 aromatic rings. The van der Waals surface area contributed by atoms with Gasteiger partial charge in [0.1, 0.15) is 0 Å². The summed E-state index contributed by atoms with van der Waals surface area (Å²) in [6.07, 6.45) is 20.1. The number of allylic oxidation sites excluding steroid dienone is 2. The summed E-state index contributed by atoms with van der Waals surface area (Å²) in [6, 6.07) is 0. The minimum absolute atomic E-state index is 0.162. The number of hydrogen-bond donors (Lipinski definition) is 0. The van der Waals surface area contributed by atoms with Gasteiger partial charge in [-0.25, -0.2) is 0 Å². The first-order valence-electron chi connectivity index (χ1n) is 8.55. The molecule has 0 atom stereocenters. The molecule has 0 N–H and O–H groups in total. The Morgan fingerprint density at radius 1 is 0.800 bits per heavy atom. The zero-order valence-corrected chi connectivity index (χ0v) is 13.7. The molecule has 0 aliphatic heterocycles. The maximum atomic E-state index is 10.5. The predicted octanol–water partition coefficient (Wildman–Crippen LogP) is 5.81. The molecule has 0 unspecified atom stereocenters. The minimum atomic E-state index is -0.162. The molecule has 2 nitrogen and oxygen atoms in total. The molecule has 0 aromatic carbocycles. The number of carbonyl (C=O) groups is 1. The Balaban J connectivity index is 3.06. The maximum absolute atomic E-state index is 10.5. The average Bonchev–Trinajstić information content (AvgIpc) is 2.43. The van der Waals surface area contributed by atoms with Gasteiger partial charge in [0.25, 0.3) is 0 Å². The second-order valence-corrected chi connectivity index (χ2v) is 5.57. The van der Waals surface area contributed by atoms with Crippen LogP contribution in [0.2, 0.25) is 0 Å². The van der Waals surface area contributed by atoms with Crippen molar-refractivity contribution in [2.45, 2.75) is 90.9 Å². The van der Waals surface area contributed by atoms with Crippen molar-refractivity contribution in [1.82, 2.24) is 0 Å². The van der Waals surface area contributed by atoms with E-state index in [9.17, 15) is 4.79 Å². The Kier molecular flexibility index (Phi) is 15.6. The molecule has 0 rings (SSSR count). The van der Waals surface area contributed by atoms with Crippen molar-refractivity contribution in [2.75, 3.05) is 6.61 Å². The van der Waals surface area contributed by atoms with Gasteiger partial charge in [-0.3, -0.25) is 4.79 Å². The molecule has 0 heterocycles. The van der Waals surface area contributed by atoms with Crippen molar-refractivity contribution in [3.05, 3.63) is 12.2 Å². The summed E-state index contributed by atoms with van der Waals surface area (Å²) in [4.78, 5) is 10.5. The lowest BCUT2D eigenvalue weighted by Gasteiger charge is -2.01. The van der Waals surface area contributed by atoms with Gasteiger partial charge in [-0.05, 0) is 32.1 Å². The highest BCUT2D eigenvalue weighted by atomic mass is 16.5. The molecule has 118 valence electrons. The maximum Gasteiger partial charge on any atom is 0.302 e. The highest BCUT2D eigenvalue weighted by Gasteiger charge is 1.93. The van der Waals surface area contributed by atoms with E-state index >= 15 is 0 Å². The topological polar surface area (TPSA) is 26.3 Å². The van der Waals surface area contributed by atoms with Crippen LogP contribution in [0.3, 0.4) is 0 Å². The number of rotatable bonds is 14. The quantitative estimate of drug-likeness (QED) is 0.228. The molecular weight excluding hydrogens is 248 g/mol. The van der Waals surface area contributed by atoms with Gasteiger partial charge in [-0.1, -0.05) is 64.0 Å². The molecule has 0 fully saturated rings. The van der Waals surface area contributed by atoms with Gasteiger partial charge in [0.15, 0.2) is 0 Å². The first-order valence-corrected chi connectivity index (χ1v) is 8.55. The largest absolute Gasteiger partial charge is 0.466 e. The van der Waals surface area contributed by atoms with E-state index in [4.69, 9.17) is 4.74 Å². The Morgan fingerprint density at radius 3 is 1.85 bits per heavy atom. The predicted molar refractivity (Wildman–Crippen MR) is 86.9 cm³/mol. The van der Waals surface area contributed by atoms with Crippen LogP contribution < -0.4 is 0 Å². The fraction of sp³-hybridized carbons (Fsp3) is 0.833. The van der Waals surface area contributed by atoms with Crippen molar-refractivity contribution in [3.8, 4) is 0 Å². The first-order chi connectivity index (χ1) is 9.77. The summed E-state index contributed by atoms with van der Waals surface area (Å²) in [5, 5.41) is 0. The molecule has 20 heavy (non-hydrogen) atoms. The second-order valence-electron chi connectivity index (χ2n) is 5.57. The van der Waals surface area contributed by atoms with Crippen molar-refractivity contribution in [2.24, 2.45) is 0 Å². The molecule has 0 aliphatic carbocycles. The summed E-state index contributed by atoms with van der Waals surface area (Å²) < 4.78 is 4.90. The van der Waals surface area contributed by atoms with E-state index in [1.54, 1.807) is 0 Å². The van der Waals surface area contributed by atoms with E-state index in [2.05, 4.69) is 19.1 Å². The zero-order valence-electron chi connectivity index (χ0n) is 13.7. The van der Waals surface area contributed by atoms with Crippen LogP contribution in [-0.2, 0) is 9.53 Å². The Labute approximate surface area is 126 Å². The normalized spacial score (nSPS) is 11.1. The van der Waals surface area contributed by atoms with Crippen LogP contribution in [-0.4, -0.2) is 12.6 Å². The molecule has 0 radical (unpaired) electrons. The molecule has 2 heteroatoms. The van der Waals surface area contributed by atoms with Gasteiger partial charge in [0, 0.05) is 6.92 Å². The van der Waals surface area contributed by atoms with Gasteiger partial charge in [-0.2, -0.15) is 0 Å². The molecule has 0 bridgehead atoms. The van der Waals surface area contributed by atoms with E-state index in [1.165, 1.54) is 77.6 Å². The number of carbonyl (C=O) groups excluding carboxylic acids is 1. The van der Waals surface area contributed by atoms with E-state index in [-0.39, 0.29) is 5.97 Å². The summed E-state index contributed by atoms with van der Waals surface area (Å²) >= 11 is 0. The highest BCUT2D eigenvalue weighted by molar-refractivity contribution is 5.65. The Morgan fingerprint density at radius 2 is 1.30 bits per heavy atom. The van der Waals surface area contributed by atoms with Gasteiger partial charge in [-0.15, -0.1) is 0 Å². The van der Waals surface area contributed by atoms with Crippen molar-refractivity contribution < 1.29 is 9.53 Å². The fourth-order valence-electron chi connectivity index (χ4n) is 2.21. The van der Waals surface area contributed by atoms with Gasteiger partial charge in [0.05, 0.1) is 6.61 Å². The van der Waals surface area contributed by atoms with Crippen LogP contribution in [0.25, 0.3) is 0 Å². The lowest BCUT2D eigenvalue weighted by molar-refractivity contribution is -0.141. The van der Waals surface area contributed by atoms with Crippen molar-refractivity contribution in [3.63, 3.8) is 0 Å². The standard InChI is InChI=1S/C18H34O2/c1-3-4-5-6-7-8-9-10-11-12-13-14-15-16-17-20-18(2)19/h9-10H,3-8,11-17H2,1-2H3/b10-9+. The summed E-state index contributed by atoms with van der Waals surface area (Å²) in [5.41, 5.74) is 0. The van der Waals surface area contributed by atoms with E-state index in [0.717, 1.165) is 6.42 Å².